The first kappa shape index (κ1) is 38.6. The summed E-state index contributed by atoms with van der Waals surface area (Å²) in [6, 6.07) is 8.05. The normalized spacial score (nSPS) is 19.0. The molecule has 1 aromatic carbocycles. The molecule has 4 N–H and O–H groups in total. The van der Waals surface area contributed by atoms with Crippen LogP contribution in [0.2, 0.25) is 0 Å². The van der Waals surface area contributed by atoms with Gasteiger partial charge in [-0.15, -0.1) is 0 Å². The molecule has 0 radical (unpaired) electrons. The zero-order valence-electron chi connectivity index (χ0n) is 29.9. The molecule has 1 aromatic rings. The SMILES string of the molecule is CC1=C(C)C(=O)C(CCCC[C@H](NC(=O)[C@@H]2CCCN2C(=O)[C@H](/C=C/[C@@H](N)CC(C)C)Cc2ccccc2)C(=O)NC(C)C)=C(C)C1=O. The van der Waals surface area contributed by atoms with Crippen molar-refractivity contribution in [2.24, 2.45) is 17.6 Å². The topological polar surface area (TPSA) is 139 Å². The van der Waals surface area contributed by atoms with Crippen LogP contribution in [-0.4, -0.2) is 64.9 Å². The smallest absolute Gasteiger partial charge is 0.243 e. The van der Waals surface area contributed by atoms with E-state index in [-0.39, 0.29) is 41.4 Å². The molecule has 1 heterocycles. The molecule has 3 amide bonds. The predicted octanol–water partition coefficient (Wildman–Crippen LogP) is 5.14. The van der Waals surface area contributed by atoms with Gasteiger partial charge < -0.3 is 21.3 Å². The molecule has 0 bridgehead atoms. The Labute approximate surface area is 286 Å². The van der Waals surface area contributed by atoms with E-state index >= 15 is 0 Å². The summed E-state index contributed by atoms with van der Waals surface area (Å²) >= 11 is 0. The number of likely N-dealkylation sites (tertiary alicyclic amines) is 1. The van der Waals surface area contributed by atoms with E-state index in [0.717, 1.165) is 12.0 Å². The number of ketones is 2. The fourth-order valence-corrected chi connectivity index (χ4v) is 6.55. The first-order valence-electron chi connectivity index (χ1n) is 17.6. The van der Waals surface area contributed by atoms with Crippen molar-refractivity contribution >= 4 is 29.3 Å². The number of rotatable bonds is 16. The summed E-state index contributed by atoms with van der Waals surface area (Å²) in [6.45, 7) is 13.5. The number of Topliss-reactive ketones (excluding diaryl/α,β-unsaturated/α-hetero) is 2. The van der Waals surface area contributed by atoms with Crippen LogP contribution >= 0.6 is 0 Å². The van der Waals surface area contributed by atoms with Crippen molar-refractivity contribution in [1.29, 1.82) is 0 Å². The highest BCUT2D eigenvalue weighted by Gasteiger charge is 2.38. The number of allylic oxidation sites excluding steroid dienone is 4. The van der Waals surface area contributed by atoms with E-state index in [1.807, 2.05) is 56.3 Å². The van der Waals surface area contributed by atoms with Crippen LogP contribution in [0.4, 0.5) is 0 Å². The monoisotopic (exact) mass is 660 g/mol. The average Bonchev–Trinajstić information content (AvgIpc) is 3.53. The molecule has 262 valence electrons. The molecule has 3 rings (SSSR count). The first-order valence-corrected chi connectivity index (χ1v) is 17.6. The van der Waals surface area contributed by atoms with Crippen molar-refractivity contribution in [1.82, 2.24) is 15.5 Å². The number of hydrogen-bond donors (Lipinski definition) is 3. The van der Waals surface area contributed by atoms with Crippen molar-refractivity contribution in [3.8, 4) is 0 Å². The summed E-state index contributed by atoms with van der Waals surface area (Å²) in [5.41, 5.74) is 9.35. The lowest BCUT2D eigenvalue weighted by molar-refractivity contribution is -0.141. The highest BCUT2D eigenvalue weighted by molar-refractivity contribution is 6.24. The third-order valence-corrected chi connectivity index (χ3v) is 9.33. The standard InChI is InChI=1S/C39H56N4O5/c1-24(2)22-31(40)20-19-30(23-29-14-9-8-10-15-29)39(48)43-21-13-18-34(43)38(47)42-33(37(46)41-25(3)4)17-12-11-16-32-28(7)35(44)26(5)27(6)36(32)45/h8-10,14-15,19-20,24-25,30-31,33-34H,11-13,16-18,21-23,40H2,1-7H3,(H,41,46)(H,42,47)/b20-19+/t30-,31-,33+,34+/m1/s1. The van der Waals surface area contributed by atoms with Gasteiger partial charge in [-0.25, -0.2) is 0 Å². The second-order valence-electron chi connectivity index (χ2n) is 14.1. The maximum Gasteiger partial charge on any atom is 0.243 e. The van der Waals surface area contributed by atoms with Gasteiger partial charge in [0.2, 0.25) is 17.7 Å². The zero-order chi connectivity index (χ0) is 35.5. The van der Waals surface area contributed by atoms with E-state index in [2.05, 4.69) is 24.5 Å². The molecule has 1 aliphatic heterocycles. The molecule has 9 heteroatoms. The van der Waals surface area contributed by atoms with Crippen LogP contribution in [0.15, 0.2) is 64.8 Å². The number of benzene rings is 1. The molecular weight excluding hydrogens is 604 g/mol. The van der Waals surface area contributed by atoms with Gasteiger partial charge in [0.1, 0.15) is 12.1 Å². The number of carbonyl (C=O) groups excluding carboxylic acids is 5. The van der Waals surface area contributed by atoms with Crippen LogP contribution < -0.4 is 16.4 Å². The van der Waals surface area contributed by atoms with Crippen LogP contribution in [-0.2, 0) is 30.4 Å². The van der Waals surface area contributed by atoms with Gasteiger partial charge in [0.25, 0.3) is 0 Å². The summed E-state index contributed by atoms with van der Waals surface area (Å²) in [7, 11) is 0. The average molecular weight is 661 g/mol. The third kappa shape index (κ3) is 10.6. The van der Waals surface area contributed by atoms with Gasteiger partial charge in [0.05, 0.1) is 5.92 Å². The van der Waals surface area contributed by atoms with Crippen LogP contribution in [0.1, 0.15) is 99.0 Å². The second-order valence-corrected chi connectivity index (χ2v) is 14.1. The number of carbonyl (C=O) groups is 5. The largest absolute Gasteiger partial charge is 0.352 e. The lowest BCUT2D eigenvalue weighted by atomic mass is 9.84. The summed E-state index contributed by atoms with van der Waals surface area (Å²) in [4.78, 5) is 68.2. The Morgan fingerprint density at radius 3 is 2.23 bits per heavy atom. The van der Waals surface area contributed by atoms with Crippen LogP contribution in [0.25, 0.3) is 0 Å². The lowest BCUT2D eigenvalue weighted by Gasteiger charge is -2.29. The van der Waals surface area contributed by atoms with Crippen molar-refractivity contribution in [3.05, 3.63) is 70.3 Å². The van der Waals surface area contributed by atoms with Gasteiger partial charge in [-0.1, -0.05) is 62.8 Å². The van der Waals surface area contributed by atoms with E-state index in [1.165, 1.54) is 0 Å². The molecule has 4 atom stereocenters. The number of nitrogens with zero attached hydrogens (tertiary/aromatic N) is 1. The van der Waals surface area contributed by atoms with Crippen LogP contribution in [0.3, 0.4) is 0 Å². The quantitative estimate of drug-likeness (QED) is 0.128. The van der Waals surface area contributed by atoms with Crippen molar-refractivity contribution in [2.45, 2.75) is 124 Å². The second kappa shape index (κ2) is 18.1. The highest BCUT2D eigenvalue weighted by Crippen LogP contribution is 2.28. The Hall–Kier alpha value is -3.85. The molecular formula is C39H56N4O5. The Balaban J connectivity index is 1.72. The molecule has 1 aliphatic carbocycles. The number of amides is 3. The zero-order valence-corrected chi connectivity index (χ0v) is 29.9. The molecule has 0 saturated carbocycles. The van der Waals surface area contributed by atoms with Gasteiger partial charge in [-0.3, -0.25) is 24.0 Å². The number of nitrogens with one attached hydrogen (secondary N) is 2. The Morgan fingerprint density at radius 2 is 1.58 bits per heavy atom. The molecule has 0 spiro atoms. The van der Waals surface area contributed by atoms with Gasteiger partial charge in [-0.05, 0) is 91.0 Å². The van der Waals surface area contributed by atoms with Crippen molar-refractivity contribution in [3.63, 3.8) is 0 Å². The molecule has 1 saturated heterocycles. The van der Waals surface area contributed by atoms with E-state index in [0.29, 0.717) is 79.7 Å². The Kier molecular flexibility index (Phi) is 14.5. The van der Waals surface area contributed by atoms with E-state index in [4.69, 9.17) is 5.73 Å². The summed E-state index contributed by atoms with van der Waals surface area (Å²) in [5, 5.41) is 5.87. The van der Waals surface area contributed by atoms with Crippen molar-refractivity contribution < 1.29 is 24.0 Å². The summed E-state index contributed by atoms with van der Waals surface area (Å²) in [5.74, 6) is -1.000. The molecule has 9 nitrogen and oxygen atoms in total. The Bertz CT molecular complexity index is 1420. The van der Waals surface area contributed by atoms with Gasteiger partial charge in [-0.2, -0.15) is 0 Å². The number of unbranched alkanes of at least 4 members (excludes halogenated alkanes) is 1. The Morgan fingerprint density at radius 1 is 0.917 bits per heavy atom. The first-order chi connectivity index (χ1) is 22.7. The van der Waals surface area contributed by atoms with E-state index in [9.17, 15) is 24.0 Å². The lowest BCUT2D eigenvalue weighted by Crippen LogP contribution is -2.54. The molecule has 1 fully saturated rings. The molecule has 2 aliphatic rings. The fraction of sp³-hybridized carbons (Fsp3) is 0.564. The minimum atomic E-state index is -0.797. The summed E-state index contributed by atoms with van der Waals surface area (Å²) < 4.78 is 0. The van der Waals surface area contributed by atoms with Gasteiger partial charge in [0.15, 0.2) is 11.6 Å². The van der Waals surface area contributed by atoms with E-state index < -0.39 is 18.0 Å². The molecule has 0 aromatic heterocycles. The predicted molar refractivity (Wildman–Crippen MR) is 190 cm³/mol. The van der Waals surface area contributed by atoms with Gasteiger partial charge >= 0.3 is 0 Å². The van der Waals surface area contributed by atoms with Crippen LogP contribution in [0.5, 0.6) is 0 Å². The minimum Gasteiger partial charge on any atom is -0.352 e. The van der Waals surface area contributed by atoms with E-state index in [1.54, 1.807) is 25.7 Å². The maximum atomic E-state index is 14.1. The summed E-state index contributed by atoms with van der Waals surface area (Å²) in [6.07, 6.45) is 8.24. The third-order valence-electron chi connectivity index (χ3n) is 9.33. The van der Waals surface area contributed by atoms with Crippen molar-refractivity contribution in [2.75, 3.05) is 6.54 Å². The van der Waals surface area contributed by atoms with Crippen LogP contribution in [0, 0.1) is 11.8 Å². The number of hydrogen-bond acceptors (Lipinski definition) is 6. The number of nitrogens with two attached hydrogens (primary N) is 1. The highest BCUT2D eigenvalue weighted by atomic mass is 16.2. The molecule has 48 heavy (non-hydrogen) atoms. The molecule has 0 unspecified atom stereocenters. The minimum absolute atomic E-state index is 0.0969. The fourth-order valence-electron chi connectivity index (χ4n) is 6.55. The van der Waals surface area contributed by atoms with Gasteiger partial charge in [0, 0.05) is 40.9 Å². The maximum absolute atomic E-state index is 14.1.